The minimum absolute atomic E-state index is 0.0249. The zero-order chi connectivity index (χ0) is 28.4. The van der Waals surface area contributed by atoms with Crippen LogP contribution in [0, 0.1) is 21.7 Å². The molecule has 2 heterocycles. The van der Waals surface area contributed by atoms with Crippen LogP contribution in [0.4, 0.5) is 9.59 Å². The molecule has 4 fully saturated rings. The van der Waals surface area contributed by atoms with Gasteiger partial charge in [-0.1, -0.05) is 27.7 Å². The molecule has 212 valence electrons. The number of amides is 2. The molecule has 0 aromatic heterocycles. The van der Waals surface area contributed by atoms with Crippen LogP contribution in [0.5, 0.6) is 0 Å². The van der Waals surface area contributed by atoms with E-state index in [0.717, 1.165) is 25.8 Å². The molecule has 9 heteroatoms. The normalized spacial score (nSPS) is 33.2. The molecule has 9 nitrogen and oxygen atoms in total. The molecule has 2 saturated carbocycles. The minimum atomic E-state index is -0.939. The predicted molar refractivity (Wildman–Crippen MR) is 139 cm³/mol. The third-order valence-corrected chi connectivity index (χ3v) is 8.91. The van der Waals surface area contributed by atoms with Crippen molar-refractivity contribution in [3.8, 4) is 0 Å². The van der Waals surface area contributed by atoms with E-state index in [1.165, 1.54) is 4.90 Å². The highest BCUT2D eigenvalue weighted by molar-refractivity contribution is 5.81. The van der Waals surface area contributed by atoms with Crippen LogP contribution in [-0.2, 0) is 14.3 Å². The van der Waals surface area contributed by atoms with Crippen LogP contribution >= 0.6 is 0 Å². The Bertz CT molecular complexity index is 932. The Hall–Kier alpha value is -2.03. The summed E-state index contributed by atoms with van der Waals surface area (Å²) in [6.07, 6.45) is 2.74. The van der Waals surface area contributed by atoms with E-state index in [-0.39, 0.29) is 40.4 Å². The molecule has 2 aliphatic carbocycles. The van der Waals surface area contributed by atoms with Gasteiger partial charge in [-0.15, -0.1) is 0 Å². The number of carbonyl (C=O) groups is 3. The van der Waals surface area contributed by atoms with Crippen molar-refractivity contribution in [3.05, 3.63) is 0 Å². The molecule has 0 unspecified atom stereocenters. The lowest BCUT2D eigenvalue weighted by Gasteiger charge is -2.27. The van der Waals surface area contributed by atoms with E-state index >= 15 is 0 Å². The van der Waals surface area contributed by atoms with Gasteiger partial charge in [0.25, 0.3) is 0 Å². The summed E-state index contributed by atoms with van der Waals surface area (Å²) in [5, 5.41) is 18.8. The molecule has 37 heavy (non-hydrogen) atoms. The van der Waals surface area contributed by atoms with Gasteiger partial charge in [-0.2, -0.15) is 0 Å². The summed E-state index contributed by atoms with van der Waals surface area (Å²) < 4.78 is 10.7. The lowest BCUT2D eigenvalue weighted by atomic mass is 9.93. The van der Waals surface area contributed by atoms with Crippen molar-refractivity contribution in [2.45, 2.75) is 118 Å². The zero-order valence-electron chi connectivity index (χ0n) is 24.4. The maximum Gasteiger partial charge on any atom is 0.411 e. The molecule has 0 aromatic carbocycles. The third-order valence-electron chi connectivity index (χ3n) is 8.91. The van der Waals surface area contributed by atoms with Gasteiger partial charge in [-0.25, -0.2) is 14.4 Å². The fraction of sp³-hybridized carbons (Fsp3) is 0.893. The summed E-state index contributed by atoms with van der Waals surface area (Å²) in [5.41, 5.74) is -0.500. The number of carbonyl (C=O) groups excluding carboxylic acids is 2. The molecule has 0 radical (unpaired) electrons. The molecule has 2 aliphatic heterocycles. The summed E-state index contributed by atoms with van der Waals surface area (Å²) in [4.78, 5) is 38.8. The van der Waals surface area contributed by atoms with E-state index in [1.54, 1.807) is 25.7 Å². The molecular formula is C28H48N2O7. The summed E-state index contributed by atoms with van der Waals surface area (Å²) in [6, 6.07) is -0.835. The maximum absolute atomic E-state index is 12.1. The van der Waals surface area contributed by atoms with Crippen LogP contribution in [0.25, 0.3) is 0 Å². The van der Waals surface area contributed by atoms with Crippen LogP contribution in [0.15, 0.2) is 0 Å². The van der Waals surface area contributed by atoms with Crippen molar-refractivity contribution in [1.29, 1.82) is 0 Å². The van der Waals surface area contributed by atoms with Gasteiger partial charge in [0.2, 0.25) is 0 Å². The molecule has 0 bridgehead atoms. The van der Waals surface area contributed by atoms with Gasteiger partial charge < -0.3 is 24.6 Å². The highest BCUT2D eigenvalue weighted by Gasteiger charge is 2.68. The average Bonchev–Trinajstić information content (AvgIpc) is 3.19. The Kier molecular flexibility index (Phi) is 7.20. The van der Waals surface area contributed by atoms with Gasteiger partial charge in [0.15, 0.2) is 0 Å². The van der Waals surface area contributed by atoms with Crippen LogP contribution in [0.2, 0.25) is 0 Å². The molecule has 4 rings (SSSR count). The van der Waals surface area contributed by atoms with Crippen molar-refractivity contribution in [2.24, 2.45) is 21.7 Å². The number of aliphatic hydroxyl groups is 1. The predicted octanol–water partition coefficient (Wildman–Crippen LogP) is 4.90. The number of hydrogen-bond donors (Lipinski definition) is 2. The van der Waals surface area contributed by atoms with Crippen LogP contribution in [0.1, 0.15) is 94.9 Å². The molecule has 4 aliphatic rings. The van der Waals surface area contributed by atoms with Crippen LogP contribution in [-0.4, -0.2) is 81.2 Å². The van der Waals surface area contributed by atoms with E-state index in [9.17, 15) is 24.6 Å². The first kappa shape index (κ1) is 29.5. The van der Waals surface area contributed by atoms with E-state index in [2.05, 4.69) is 27.7 Å². The van der Waals surface area contributed by atoms with Crippen molar-refractivity contribution < 1.29 is 34.1 Å². The second kappa shape index (κ2) is 9.02. The quantitative estimate of drug-likeness (QED) is 0.528. The molecule has 2 amide bonds. The molecule has 2 saturated heterocycles. The molecule has 4 atom stereocenters. The van der Waals surface area contributed by atoms with E-state index in [1.807, 2.05) is 20.8 Å². The number of carboxylic acids is 1. The Morgan fingerprint density at radius 3 is 1.51 bits per heavy atom. The summed E-state index contributed by atoms with van der Waals surface area (Å²) in [6.45, 7) is 20.9. The van der Waals surface area contributed by atoms with Gasteiger partial charge >= 0.3 is 18.2 Å². The monoisotopic (exact) mass is 524 g/mol. The van der Waals surface area contributed by atoms with Crippen molar-refractivity contribution >= 4 is 18.2 Å². The highest BCUT2D eigenvalue weighted by Crippen LogP contribution is 2.69. The second-order valence-electron chi connectivity index (χ2n) is 15.0. The number of ether oxygens (including phenoxy) is 2. The average molecular weight is 525 g/mol. The van der Waals surface area contributed by atoms with Crippen molar-refractivity contribution in [2.75, 3.05) is 19.7 Å². The van der Waals surface area contributed by atoms with Gasteiger partial charge in [-0.3, -0.25) is 4.90 Å². The second-order valence-corrected chi connectivity index (χ2v) is 15.0. The number of likely N-dealkylation sites (tertiary alicyclic amines) is 2. The van der Waals surface area contributed by atoms with Gasteiger partial charge in [0.1, 0.15) is 17.2 Å². The molecular weight excluding hydrogens is 476 g/mol. The number of aliphatic carboxylic acids is 1. The number of hydrogen-bond acceptors (Lipinski definition) is 6. The van der Waals surface area contributed by atoms with Crippen molar-refractivity contribution in [3.63, 3.8) is 0 Å². The standard InChI is InChI=1S/C14H23NO4.C14H25NO3/c1-12(2,3)19-11(18)15-8-14(7-13(14,4)5)6-9(15)10(16)17;1-12(2,3)18-11(17)15-9-14(6-10(15)7-16)8-13(14,4)5/h9H,6-8H2,1-5H3,(H,16,17);10,16H,6-9H2,1-5H3/t9-,14-;10-,14-/m00/s1. The highest BCUT2D eigenvalue weighted by atomic mass is 16.6. The Morgan fingerprint density at radius 1 is 0.784 bits per heavy atom. The van der Waals surface area contributed by atoms with Gasteiger partial charge in [0, 0.05) is 13.1 Å². The summed E-state index contributed by atoms with van der Waals surface area (Å²) in [5.74, 6) is -0.939. The van der Waals surface area contributed by atoms with Crippen LogP contribution in [0.3, 0.4) is 0 Å². The lowest BCUT2D eigenvalue weighted by molar-refractivity contribution is -0.142. The minimum Gasteiger partial charge on any atom is -0.480 e. The molecule has 0 aromatic rings. The Balaban J connectivity index is 0.000000206. The number of carboxylic acid groups (broad SMARTS) is 1. The first-order chi connectivity index (χ1) is 16.6. The topological polar surface area (TPSA) is 117 Å². The number of rotatable bonds is 2. The zero-order valence-corrected chi connectivity index (χ0v) is 24.4. The Morgan fingerprint density at radius 2 is 1.16 bits per heavy atom. The SMILES string of the molecule is CC(C)(C)OC(=O)N1C[C@]2(C[C@H]1C(=O)O)CC2(C)C.CC(C)(C)OC(=O)N1C[C@]2(C[C@H]1CO)CC2(C)C. The Labute approximate surface area is 221 Å². The van der Waals surface area contributed by atoms with E-state index < -0.39 is 29.3 Å². The third kappa shape index (κ3) is 6.02. The lowest BCUT2D eigenvalue weighted by Crippen LogP contribution is -2.43. The smallest absolute Gasteiger partial charge is 0.411 e. The maximum atomic E-state index is 12.1. The first-order valence-electron chi connectivity index (χ1n) is 13.4. The van der Waals surface area contributed by atoms with Gasteiger partial charge in [-0.05, 0) is 88.9 Å². The largest absolute Gasteiger partial charge is 0.480 e. The van der Waals surface area contributed by atoms with E-state index in [4.69, 9.17) is 9.47 Å². The van der Waals surface area contributed by atoms with Gasteiger partial charge in [0.05, 0.1) is 12.6 Å². The summed E-state index contributed by atoms with van der Waals surface area (Å²) >= 11 is 0. The van der Waals surface area contributed by atoms with Crippen molar-refractivity contribution in [1.82, 2.24) is 9.80 Å². The molecule has 2 N–H and O–H groups in total. The fourth-order valence-electron chi connectivity index (χ4n) is 6.33. The fourth-order valence-corrected chi connectivity index (χ4v) is 6.33. The van der Waals surface area contributed by atoms with E-state index in [0.29, 0.717) is 13.0 Å². The number of aliphatic hydroxyl groups excluding tert-OH is 1. The molecule has 2 spiro atoms. The summed E-state index contributed by atoms with van der Waals surface area (Å²) in [7, 11) is 0. The number of nitrogens with zero attached hydrogens (tertiary/aromatic N) is 2. The van der Waals surface area contributed by atoms with Crippen LogP contribution < -0.4 is 0 Å². The first-order valence-corrected chi connectivity index (χ1v) is 13.4.